The van der Waals surface area contributed by atoms with Crippen LogP contribution in [0, 0.1) is 5.92 Å². The monoisotopic (exact) mass is 462 g/mol. The Labute approximate surface area is 186 Å². The van der Waals surface area contributed by atoms with E-state index in [0.29, 0.717) is 15.9 Å². The van der Waals surface area contributed by atoms with Gasteiger partial charge in [-0.05, 0) is 48.7 Å². The quantitative estimate of drug-likeness (QED) is 0.551. The summed E-state index contributed by atoms with van der Waals surface area (Å²) in [5.74, 6) is -0.858. The zero-order chi connectivity index (χ0) is 22.9. The number of nitrogens with one attached hydrogen (secondary N) is 2. The van der Waals surface area contributed by atoms with Crippen molar-refractivity contribution in [3.8, 4) is 5.69 Å². The maximum absolute atomic E-state index is 13.8. The first-order valence-corrected chi connectivity index (χ1v) is 10.2. The Bertz CT molecular complexity index is 1150. The minimum Gasteiger partial charge on any atom is -0.348 e. The van der Waals surface area contributed by atoms with E-state index in [9.17, 15) is 22.8 Å². The van der Waals surface area contributed by atoms with Crippen molar-refractivity contribution in [1.29, 1.82) is 0 Å². The summed E-state index contributed by atoms with van der Waals surface area (Å²) < 4.78 is 41.9. The fourth-order valence-corrected chi connectivity index (χ4v) is 3.35. The van der Waals surface area contributed by atoms with Crippen LogP contribution in [-0.2, 0) is 17.5 Å². The van der Waals surface area contributed by atoms with Gasteiger partial charge in [-0.15, -0.1) is 0 Å². The SMILES string of the molecule is O=C(NCc1ccc(NC(=O)C2CC2)cc1)c1cnn(-c2cccc(Cl)c2)c1C(F)(F)F. The number of alkyl halides is 3. The lowest BCUT2D eigenvalue weighted by molar-refractivity contribution is -0.143. The van der Waals surface area contributed by atoms with Crippen molar-refractivity contribution in [3.05, 3.63) is 76.6 Å². The minimum absolute atomic E-state index is 0.00925. The molecule has 6 nitrogen and oxygen atoms in total. The van der Waals surface area contributed by atoms with Crippen LogP contribution < -0.4 is 10.6 Å². The molecule has 3 aromatic rings. The molecule has 0 atom stereocenters. The highest BCUT2D eigenvalue weighted by atomic mass is 35.5. The van der Waals surface area contributed by atoms with Gasteiger partial charge in [0.15, 0.2) is 5.69 Å². The second-order valence-corrected chi connectivity index (χ2v) is 7.88. The second kappa shape index (κ2) is 8.66. The Hall–Kier alpha value is -3.33. The van der Waals surface area contributed by atoms with Crippen LogP contribution >= 0.6 is 11.6 Å². The van der Waals surface area contributed by atoms with E-state index in [1.807, 2.05) is 0 Å². The highest BCUT2D eigenvalue weighted by Gasteiger charge is 2.40. The summed E-state index contributed by atoms with van der Waals surface area (Å²) in [5, 5.41) is 9.29. The predicted molar refractivity (Wildman–Crippen MR) is 113 cm³/mol. The topological polar surface area (TPSA) is 76.0 Å². The van der Waals surface area contributed by atoms with Gasteiger partial charge in [0.1, 0.15) is 0 Å². The summed E-state index contributed by atoms with van der Waals surface area (Å²) in [5.41, 5.74) is -0.397. The van der Waals surface area contributed by atoms with Crippen molar-refractivity contribution >= 4 is 29.1 Å². The van der Waals surface area contributed by atoms with Crippen LogP contribution in [0.2, 0.25) is 5.02 Å². The van der Waals surface area contributed by atoms with Crippen LogP contribution in [0.25, 0.3) is 5.69 Å². The van der Waals surface area contributed by atoms with E-state index in [0.717, 1.165) is 19.0 Å². The van der Waals surface area contributed by atoms with Crippen molar-refractivity contribution in [2.75, 3.05) is 5.32 Å². The summed E-state index contributed by atoms with van der Waals surface area (Å²) in [6.45, 7) is 0.00925. The Morgan fingerprint density at radius 1 is 1.12 bits per heavy atom. The highest BCUT2D eigenvalue weighted by molar-refractivity contribution is 6.30. The van der Waals surface area contributed by atoms with Gasteiger partial charge in [0, 0.05) is 23.2 Å². The smallest absolute Gasteiger partial charge is 0.348 e. The lowest BCUT2D eigenvalue weighted by atomic mass is 10.1. The van der Waals surface area contributed by atoms with Crippen molar-refractivity contribution in [3.63, 3.8) is 0 Å². The average Bonchev–Trinajstić information content (AvgIpc) is 3.50. The summed E-state index contributed by atoms with van der Waals surface area (Å²) in [6.07, 6.45) is -2.14. The number of anilines is 1. The zero-order valence-corrected chi connectivity index (χ0v) is 17.4. The van der Waals surface area contributed by atoms with Crippen LogP contribution in [-0.4, -0.2) is 21.6 Å². The fraction of sp³-hybridized carbons (Fsp3) is 0.227. The number of carbonyl (C=O) groups is 2. The molecule has 0 radical (unpaired) electrons. The maximum atomic E-state index is 13.8. The van der Waals surface area contributed by atoms with Gasteiger partial charge < -0.3 is 10.6 Å². The molecular formula is C22H18ClF3N4O2. The lowest BCUT2D eigenvalue weighted by Gasteiger charge is -2.13. The normalized spacial score (nSPS) is 13.6. The Kier molecular flexibility index (Phi) is 5.92. The Morgan fingerprint density at radius 3 is 2.47 bits per heavy atom. The van der Waals surface area contributed by atoms with E-state index < -0.39 is 23.3 Å². The number of rotatable bonds is 6. The molecule has 166 valence electrons. The largest absolute Gasteiger partial charge is 0.434 e. The number of nitrogens with zero attached hydrogens (tertiary/aromatic N) is 2. The first-order chi connectivity index (χ1) is 15.2. The van der Waals surface area contributed by atoms with Crippen molar-refractivity contribution < 1.29 is 22.8 Å². The number of halogens is 4. The predicted octanol–water partition coefficient (Wildman–Crippen LogP) is 4.82. The van der Waals surface area contributed by atoms with E-state index in [-0.39, 0.29) is 29.1 Å². The lowest BCUT2D eigenvalue weighted by Crippen LogP contribution is -2.26. The van der Waals surface area contributed by atoms with Crippen molar-refractivity contribution in [2.24, 2.45) is 5.92 Å². The molecule has 1 aromatic heterocycles. The molecule has 1 aliphatic carbocycles. The molecule has 0 aliphatic heterocycles. The van der Waals surface area contributed by atoms with Gasteiger partial charge in [-0.1, -0.05) is 29.8 Å². The minimum atomic E-state index is -4.81. The molecule has 10 heteroatoms. The Balaban J connectivity index is 1.48. The van der Waals surface area contributed by atoms with Crippen LogP contribution in [0.1, 0.15) is 34.5 Å². The average molecular weight is 463 g/mol. The van der Waals surface area contributed by atoms with Crippen LogP contribution in [0.15, 0.2) is 54.7 Å². The number of hydrogen-bond acceptors (Lipinski definition) is 3. The molecule has 4 rings (SSSR count). The summed E-state index contributed by atoms with van der Waals surface area (Å²) in [4.78, 5) is 24.3. The van der Waals surface area contributed by atoms with Crippen LogP contribution in [0.3, 0.4) is 0 Å². The molecule has 32 heavy (non-hydrogen) atoms. The first kappa shape index (κ1) is 21.9. The van der Waals surface area contributed by atoms with Gasteiger partial charge in [-0.25, -0.2) is 4.68 Å². The highest BCUT2D eigenvalue weighted by Crippen LogP contribution is 2.34. The molecular weight excluding hydrogens is 445 g/mol. The summed E-state index contributed by atoms with van der Waals surface area (Å²) in [7, 11) is 0. The van der Waals surface area contributed by atoms with Gasteiger partial charge >= 0.3 is 6.18 Å². The standard InChI is InChI=1S/C22H18ClF3N4O2/c23-15-2-1-3-17(10-15)30-19(22(24,25)26)18(12-28-30)21(32)27-11-13-4-8-16(9-5-13)29-20(31)14-6-7-14/h1-5,8-10,12,14H,6-7,11H2,(H,27,32)(H,29,31). The number of carbonyl (C=O) groups excluding carboxylic acids is 2. The molecule has 2 N–H and O–H groups in total. The number of benzene rings is 2. The molecule has 2 amide bonds. The molecule has 2 aromatic carbocycles. The van der Waals surface area contributed by atoms with E-state index in [2.05, 4.69) is 15.7 Å². The van der Waals surface area contributed by atoms with Crippen molar-refractivity contribution in [2.45, 2.75) is 25.6 Å². The molecule has 0 spiro atoms. The van der Waals surface area contributed by atoms with Gasteiger partial charge in [0.05, 0.1) is 17.4 Å². The Morgan fingerprint density at radius 2 is 1.84 bits per heavy atom. The number of hydrogen-bond donors (Lipinski definition) is 2. The molecule has 1 heterocycles. The van der Waals surface area contributed by atoms with Crippen molar-refractivity contribution in [1.82, 2.24) is 15.1 Å². The van der Waals surface area contributed by atoms with Crippen LogP contribution in [0.4, 0.5) is 18.9 Å². The third-order valence-corrected chi connectivity index (χ3v) is 5.19. The van der Waals surface area contributed by atoms with E-state index in [4.69, 9.17) is 11.6 Å². The second-order valence-electron chi connectivity index (χ2n) is 7.44. The van der Waals surface area contributed by atoms with Gasteiger partial charge in [-0.2, -0.15) is 18.3 Å². The zero-order valence-electron chi connectivity index (χ0n) is 16.6. The molecule has 0 saturated heterocycles. The third-order valence-electron chi connectivity index (χ3n) is 4.96. The van der Waals surface area contributed by atoms with Gasteiger partial charge in [-0.3, -0.25) is 9.59 Å². The molecule has 1 saturated carbocycles. The summed E-state index contributed by atoms with van der Waals surface area (Å²) in [6, 6.07) is 12.5. The number of amides is 2. The number of aromatic nitrogens is 2. The summed E-state index contributed by atoms with van der Waals surface area (Å²) >= 11 is 5.88. The molecule has 1 aliphatic rings. The van der Waals surface area contributed by atoms with E-state index >= 15 is 0 Å². The molecule has 1 fully saturated rings. The fourth-order valence-electron chi connectivity index (χ4n) is 3.16. The first-order valence-electron chi connectivity index (χ1n) is 9.81. The van der Waals surface area contributed by atoms with E-state index in [1.54, 1.807) is 24.3 Å². The molecule has 0 unspecified atom stereocenters. The maximum Gasteiger partial charge on any atom is 0.434 e. The van der Waals surface area contributed by atoms with Gasteiger partial charge in [0.25, 0.3) is 5.91 Å². The van der Waals surface area contributed by atoms with E-state index in [1.165, 1.54) is 24.3 Å². The third kappa shape index (κ3) is 4.94. The molecule has 0 bridgehead atoms. The van der Waals surface area contributed by atoms with Crippen LogP contribution in [0.5, 0.6) is 0 Å². The van der Waals surface area contributed by atoms with Gasteiger partial charge in [0.2, 0.25) is 5.91 Å².